The second-order valence-electron chi connectivity index (χ2n) is 3.71. The zero-order chi connectivity index (χ0) is 11.6. The van der Waals surface area contributed by atoms with E-state index in [9.17, 15) is 8.42 Å². The van der Waals surface area contributed by atoms with Crippen molar-refractivity contribution in [3.05, 3.63) is 28.8 Å². The Hall–Kier alpha value is -0.580. The maximum absolute atomic E-state index is 11.2. The van der Waals surface area contributed by atoms with Crippen molar-refractivity contribution in [1.82, 2.24) is 0 Å². The molecular formula is C10H14ClNO2S. The molecule has 0 fully saturated rings. The highest BCUT2D eigenvalue weighted by Gasteiger charge is 2.10. The highest BCUT2D eigenvalue weighted by atomic mass is 35.5. The minimum Gasteiger partial charge on any atom is -0.328 e. The minimum atomic E-state index is -3.19. The van der Waals surface area contributed by atoms with Gasteiger partial charge >= 0.3 is 0 Å². The van der Waals surface area contributed by atoms with Crippen LogP contribution < -0.4 is 5.73 Å². The number of nitrogens with two attached hydrogens (primary N) is 1. The van der Waals surface area contributed by atoms with Gasteiger partial charge in [0.15, 0.2) is 9.84 Å². The summed E-state index contributed by atoms with van der Waals surface area (Å²) in [6.07, 6.45) is 1.80. The van der Waals surface area contributed by atoms with Crippen LogP contribution in [-0.4, -0.2) is 20.7 Å². The van der Waals surface area contributed by atoms with Gasteiger partial charge in [-0.3, -0.25) is 0 Å². The van der Waals surface area contributed by atoms with Crippen molar-refractivity contribution in [3.8, 4) is 0 Å². The maximum Gasteiger partial charge on any atom is 0.175 e. The van der Waals surface area contributed by atoms with Gasteiger partial charge in [-0.15, -0.1) is 0 Å². The first-order valence-corrected chi connectivity index (χ1v) is 6.81. The van der Waals surface area contributed by atoms with Crippen LogP contribution in [0.3, 0.4) is 0 Å². The van der Waals surface area contributed by atoms with Crippen LogP contribution in [0.5, 0.6) is 0 Å². The van der Waals surface area contributed by atoms with Crippen LogP contribution in [-0.2, 0) is 16.3 Å². The van der Waals surface area contributed by atoms with Crippen LogP contribution in [0.2, 0.25) is 5.02 Å². The van der Waals surface area contributed by atoms with Gasteiger partial charge in [-0.25, -0.2) is 8.42 Å². The van der Waals surface area contributed by atoms with Crippen LogP contribution in [0.1, 0.15) is 12.5 Å². The first-order chi connectivity index (χ1) is 6.80. The molecule has 0 saturated carbocycles. The number of hydrogen-bond acceptors (Lipinski definition) is 3. The molecule has 2 N–H and O–H groups in total. The van der Waals surface area contributed by atoms with Gasteiger partial charge in [0, 0.05) is 17.3 Å². The molecule has 3 nitrogen and oxygen atoms in total. The van der Waals surface area contributed by atoms with Gasteiger partial charge in [0.05, 0.1) is 4.90 Å². The average Bonchev–Trinajstić information content (AvgIpc) is 2.05. The summed E-state index contributed by atoms with van der Waals surface area (Å²) in [5.41, 5.74) is 6.51. The molecule has 0 bridgehead atoms. The van der Waals surface area contributed by atoms with E-state index in [1.54, 1.807) is 12.1 Å². The van der Waals surface area contributed by atoms with Crippen LogP contribution in [0.25, 0.3) is 0 Å². The molecule has 15 heavy (non-hydrogen) atoms. The van der Waals surface area contributed by atoms with Gasteiger partial charge in [0.2, 0.25) is 0 Å². The van der Waals surface area contributed by atoms with E-state index < -0.39 is 9.84 Å². The van der Waals surface area contributed by atoms with E-state index in [0.717, 1.165) is 11.8 Å². The quantitative estimate of drug-likeness (QED) is 0.883. The van der Waals surface area contributed by atoms with Gasteiger partial charge in [0.1, 0.15) is 0 Å². The fraction of sp³-hybridized carbons (Fsp3) is 0.400. The normalized spacial score (nSPS) is 13.9. The third-order valence-electron chi connectivity index (χ3n) is 1.99. The second kappa shape index (κ2) is 4.51. The number of sulfone groups is 1. The summed E-state index contributed by atoms with van der Waals surface area (Å²) < 4.78 is 22.5. The zero-order valence-corrected chi connectivity index (χ0v) is 10.3. The first kappa shape index (κ1) is 12.5. The van der Waals surface area contributed by atoms with Crippen molar-refractivity contribution in [3.63, 3.8) is 0 Å². The van der Waals surface area contributed by atoms with E-state index in [0.29, 0.717) is 11.4 Å². The highest BCUT2D eigenvalue weighted by molar-refractivity contribution is 7.90. The smallest absolute Gasteiger partial charge is 0.175 e. The summed E-state index contributed by atoms with van der Waals surface area (Å²) in [6.45, 7) is 1.88. The molecule has 1 aromatic rings. The Morgan fingerprint density at radius 3 is 2.47 bits per heavy atom. The Balaban J connectivity index is 3.09. The van der Waals surface area contributed by atoms with Crippen molar-refractivity contribution in [2.24, 2.45) is 5.73 Å². The second-order valence-corrected chi connectivity index (χ2v) is 6.13. The summed E-state index contributed by atoms with van der Waals surface area (Å²) >= 11 is 5.96. The molecule has 0 aliphatic heterocycles. The molecule has 0 spiro atoms. The third-order valence-corrected chi connectivity index (χ3v) is 3.46. The molecule has 1 rings (SSSR count). The summed E-state index contributed by atoms with van der Waals surface area (Å²) in [4.78, 5) is 0.237. The van der Waals surface area contributed by atoms with Gasteiger partial charge in [-0.05, 0) is 31.0 Å². The van der Waals surface area contributed by atoms with Gasteiger partial charge in [0.25, 0.3) is 0 Å². The molecule has 0 saturated heterocycles. The molecule has 0 amide bonds. The number of hydrogen-bond donors (Lipinski definition) is 1. The molecule has 1 aromatic carbocycles. The third kappa shape index (κ3) is 3.48. The summed E-state index contributed by atoms with van der Waals surface area (Å²) in [7, 11) is -3.19. The summed E-state index contributed by atoms with van der Waals surface area (Å²) in [5.74, 6) is 0. The fourth-order valence-electron chi connectivity index (χ4n) is 1.27. The standard InChI is InChI=1S/C10H14ClNO2S/c1-7(12)5-8-3-4-9(6-10(8)11)15(2,13)14/h3-4,6-7H,5,12H2,1-2H3. The maximum atomic E-state index is 11.2. The van der Waals surface area contributed by atoms with E-state index in [2.05, 4.69) is 0 Å². The van der Waals surface area contributed by atoms with E-state index in [4.69, 9.17) is 17.3 Å². The van der Waals surface area contributed by atoms with E-state index >= 15 is 0 Å². The molecule has 1 atom stereocenters. The first-order valence-electron chi connectivity index (χ1n) is 4.55. The van der Waals surface area contributed by atoms with Gasteiger partial charge in [-0.2, -0.15) is 0 Å². The largest absolute Gasteiger partial charge is 0.328 e. The number of rotatable bonds is 3. The van der Waals surface area contributed by atoms with Crippen molar-refractivity contribution >= 4 is 21.4 Å². The molecule has 0 aliphatic rings. The molecule has 84 valence electrons. The monoisotopic (exact) mass is 247 g/mol. The van der Waals surface area contributed by atoms with Crippen molar-refractivity contribution < 1.29 is 8.42 Å². The molecule has 1 unspecified atom stereocenters. The summed E-state index contributed by atoms with van der Waals surface area (Å²) in [6, 6.07) is 4.74. The predicted octanol–water partition coefficient (Wildman–Crippen LogP) is 1.63. The topological polar surface area (TPSA) is 60.2 Å². The SMILES string of the molecule is CC(N)Cc1ccc(S(C)(=O)=O)cc1Cl. The van der Waals surface area contributed by atoms with Crippen LogP contribution in [0.15, 0.2) is 23.1 Å². The average molecular weight is 248 g/mol. The lowest BCUT2D eigenvalue weighted by atomic mass is 10.1. The molecular weight excluding hydrogens is 234 g/mol. The van der Waals surface area contributed by atoms with Crippen molar-refractivity contribution in [2.75, 3.05) is 6.26 Å². The predicted molar refractivity (Wildman–Crippen MR) is 61.9 cm³/mol. The zero-order valence-electron chi connectivity index (χ0n) is 8.70. The fourth-order valence-corrected chi connectivity index (χ4v) is 2.24. The lowest BCUT2D eigenvalue weighted by molar-refractivity contribution is 0.602. The number of benzene rings is 1. The van der Waals surface area contributed by atoms with Crippen LogP contribution >= 0.6 is 11.6 Å². The molecule has 0 heterocycles. The minimum absolute atomic E-state index is 0.00610. The van der Waals surface area contributed by atoms with E-state index in [1.807, 2.05) is 6.92 Å². The van der Waals surface area contributed by atoms with Gasteiger partial charge in [-0.1, -0.05) is 17.7 Å². The van der Waals surface area contributed by atoms with Crippen LogP contribution in [0, 0.1) is 0 Å². The van der Waals surface area contributed by atoms with E-state index in [1.165, 1.54) is 6.07 Å². The lowest BCUT2D eigenvalue weighted by Crippen LogP contribution is -2.18. The number of halogens is 1. The summed E-state index contributed by atoms with van der Waals surface area (Å²) in [5, 5.41) is 0.454. The lowest BCUT2D eigenvalue weighted by Gasteiger charge is -2.08. The molecule has 0 aromatic heterocycles. The molecule has 0 aliphatic carbocycles. The van der Waals surface area contributed by atoms with Crippen molar-refractivity contribution in [2.45, 2.75) is 24.3 Å². The van der Waals surface area contributed by atoms with Gasteiger partial charge < -0.3 is 5.73 Å². The molecule has 5 heteroatoms. The molecule has 0 radical (unpaired) electrons. The Bertz CT molecular complexity index is 454. The Labute approximate surface area is 95.2 Å². The Morgan fingerprint density at radius 1 is 1.47 bits per heavy atom. The van der Waals surface area contributed by atoms with Crippen molar-refractivity contribution in [1.29, 1.82) is 0 Å². The highest BCUT2D eigenvalue weighted by Crippen LogP contribution is 2.21. The van der Waals surface area contributed by atoms with E-state index in [-0.39, 0.29) is 10.9 Å². The van der Waals surface area contributed by atoms with Crippen LogP contribution in [0.4, 0.5) is 0 Å². The Kier molecular flexibility index (Phi) is 3.76. The Morgan fingerprint density at radius 2 is 2.07 bits per heavy atom.